The SMILES string of the molecule is O=C1[C@@H]2C[C@@H](C[C@@H]2O)N1Cc1ccccc1. The molecule has 2 aliphatic rings. The molecule has 0 spiro atoms. The summed E-state index contributed by atoms with van der Waals surface area (Å²) in [7, 11) is 0. The van der Waals surface area contributed by atoms with Crippen molar-refractivity contribution in [3.63, 3.8) is 0 Å². The Labute approximate surface area is 94.7 Å². The molecular weight excluding hydrogens is 202 g/mol. The van der Waals surface area contributed by atoms with Crippen molar-refractivity contribution in [1.29, 1.82) is 0 Å². The van der Waals surface area contributed by atoms with Gasteiger partial charge in [0.2, 0.25) is 5.91 Å². The number of benzene rings is 1. The molecule has 1 aromatic rings. The Balaban J connectivity index is 1.76. The van der Waals surface area contributed by atoms with Gasteiger partial charge in [-0.3, -0.25) is 4.79 Å². The topological polar surface area (TPSA) is 40.5 Å². The van der Waals surface area contributed by atoms with Gasteiger partial charge in [0.25, 0.3) is 0 Å². The lowest BCUT2D eigenvalue weighted by Crippen LogP contribution is -2.41. The fourth-order valence-electron chi connectivity index (χ4n) is 2.89. The maximum Gasteiger partial charge on any atom is 0.228 e. The van der Waals surface area contributed by atoms with Gasteiger partial charge in [-0.1, -0.05) is 30.3 Å². The Morgan fingerprint density at radius 1 is 1.25 bits per heavy atom. The van der Waals surface area contributed by atoms with Gasteiger partial charge in [0.05, 0.1) is 12.0 Å². The molecule has 0 radical (unpaired) electrons. The fourth-order valence-corrected chi connectivity index (χ4v) is 2.89. The molecule has 1 aromatic carbocycles. The second-order valence-electron chi connectivity index (χ2n) is 4.75. The number of fused-ring (bicyclic) bond motifs is 2. The fraction of sp³-hybridized carbons (Fsp3) is 0.462. The standard InChI is InChI=1S/C13H15NO2/c15-12-7-10-6-11(12)13(16)14(10)8-9-4-2-1-3-5-9/h1-5,10-12,15H,6-8H2/t10-,11+,12-/m0/s1. The van der Waals surface area contributed by atoms with Crippen LogP contribution in [0.2, 0.25) is 0 Å². The van der Waals surface area contributed by atoms with E-state index < -0.39 is 6.10 Å². The second kappa shape index (κ2) is 3.59. The molecule has 0 unspecified atom stereocenters. The minimum atomic E-state index is -0.399. The van der Waals surface area contributed by atoms with Crippen LogP contribution >= 0.6 is 0 Å². The summed E-state index contributed by atoms with van der Waals surface area (Å²) < 4.78 is 0. The van der Waals surface area contributed by atoms with Crippen LogP contribution in [0.3, 0.4) is 0 Å². The van der Waals surface area contributed by atoms with Gasteiger partial charge in [-0.2, -0.15) is 0 Å². The molecule has 1 aliphatic heterocycles. The lowest BCUT2D eigenvalue weighted by atomic mass is 10.0. The van der Waals surface area contributed by atoms with Crippen molar-refractivity contribution in [3.05, 3.63) is 35.9 Å². The van der Waals surface area contributed by atoms with Crippen LogP contribution in [0.25, 0.3) is 0 Å². The largest absolute Gasteiger partial charge is 0.392 e. The van der Waals surface area contributed by atoms with E-state index in [1.54, 1.807) is 0 Å². The molecule has 1 heterocycles. The maximum absolute atomic E-state index is 11.9. The molecular formula is C13H15NO2. The third kappa shape index (κ3) is 1.43. The molecule has 1 N–H and O–H groups in total. The van der Waals surface area contributed by atoms with E-state index in [0.29, 0.717) is 6.54 Å². The summed E-state index contributed by atoms with van der Waals surface area (Å²) in [5.74, 6) is 0.00122. The van der Waals surface area contributed by atoms with Crippen molar-refractivity contribution in [2.75, 3.05) is 0 Å². The van der Waals surface area contributed by atoms with Crippen LogP contribution < -0.4 is 0 Å². The first kappa shape index (κ1) is 9.85. The summed E-state index contributed by atoms with van der Waals surface area (Å²) in [4.78, 5) is 13.9. The van der Waals surface area contributed by atoms with Crippen LogP contribution in [-0.4, -0.2) is 28.1 Å². The zero-order valence-corrected chi connectivity index (χ0v) is 9.04. The second-order valence-corrected chi connectivity index (χ2v) is 4.75. The molecule has 16 heavy (non-hydrogen) atoms. The molecule has 3 atom stereocenters. The van der Waals surface area contributed by atoms with Gasteiger partial charge in [-0.05, 0) is 18.4 Å². The number of carbonyl (C=O) groups excluding carboxylic acids is 1. The third-order valence-electron chi connectivity index (χ3n) is 3.74. The average Bonchev–Trinajstić information content (AvgIpc) is 2.80. The molecule has 2 bridgehead atoms. The Hall–Kier alpha value is -1.35. The maximum atomic E-state index is 11.9. The Morgan fingerprint density at radius 2 is 2.00 bits per heavy atom. The van der Waals surface area contributed by atoms with Crippen molar-refractivity contribution in [3.8, 4) is 0 Å². The Morgan fingerprint density at radius 3 is 2.62 bits per heavy atom. The zero-order chi connectivity index (χ0) is 11.1. The van der Waals surface area contributed by atoms with Gasteiger partial charge < -0.3 is 10.0 Å². The van der Waals surface area contributed by atoms with Gasteiger partial charge in [0, 0.05) is 12.6 Å². The van der Waals surface area contributed by atoms with Gasteiger partial charge in [-0.15, -0.1) is 0 Å². The molecule has 3 heteroatoms. The molecule has 1 aliphatic carbocycles. The number of hydrogen-bond donors (Lipinski definition) is 1. The van der Waals surface area contributed by atoms with E-state index in [0.717, 1.165) is 18.4 Å². The molecule has 0 aromatic heterocycles. The third-order valence-corrected chi connectivity index (χ3v) is 3.74. The quantitative estimate of drug-likeness (QED) is 0.807. The van der Waals surface area contributed by atoms with Crippen LogP contribution in [0.4, 0.5) is 0 Å². The van der Waals surface area contributed by atoms with Crippen LogP contribution in [0.5, 0.6) is 0 Å². The van der Waals surface area contributed by atoms with E-state index in [1.165, 1.54) is 0 Å². The number of nitrogens with zero attached hydrogens (tertiary/aromatic N) is 1. The molecule has 2 fully saturated rings. The number of aliphatic hydroxyl groups excluding tert-OH is 1. The highest BCUT2D eigenvalue weighted by atomic mass is 16.3. The van der Waals surface area contributed by atoms with Crippen LogP contribution in [0.15, 0.2) is 30.3 Å². The van der Waals surface area contributed by atoms with Crippen molar-refractivity contribution in [2.45, 2.75) is 31.5 Å². The number of piperidine rings is 1. The summed E-state index contributed by atoms with van der Waals surface area (Å²) in [6.45, 7) is 0.688. The molecule has 1 amide bonds. The monoisotopic (exact) mass is 217 g/mol. The van der Waals surface area contributed by atoms with Crippen molar-refractivity contribution in [1.82, 2.24) is 4.90 Å². The van der Waals surface area contributed by atoms with Crippen LogP contribution in [-0.2, 0) is 11.3 Å². The number of rotatable bonds is 2. The van der Waals surface area contributed by atoms with Crippen LogP contribution in [0, 0.1) is 5.92 Å². The minimum Gasteiger partial charge on any atom is -0.392 e. The normalized spacial score (nSPS) is 32.4. The summed E-state index contributed by atoms with van der Waals surface area (Å²) >= 11 is 0. The highest BCUT2D eigenvalue weighted by molar-refractivity contribution is 5.83. The van der Waals surface area contributed by atoms with E-state index in [9.17, 15) is 9.90 Å². The molecule has 3 nitrogen and oxygen atoms in total. The van der Waals surface area contributed by atoms with Crippen molar-refractivity contribution in [2.24, 2.45) is 5.92 Å². The summed E-state index contributed by atoms with van der Waals surface area (Å²) in [6, 6.07) is 10.3. The first-order chi connectivity index (χ1) is 7.75. The first-order valence-corrected chi connectivity index (χ1v) is 5.78. The Bertz CT molecular complexity index is 404. The van der Waals surface area contributed by atoms with Gasteiger partial charge in [0.1, 0.15) is 0 Å². The predicted molar refractivity (Wildman–Crippen MR) is 59.5 cm³/mol. The number of hydrogen-bond acceptors (Lipinski definition) is 2. The van der Waals surface area contributed by atoms with E-state index >= 15 is 0 Å². The highest BCUT2D eigenvalue weighted by Crippen LogP contribution is 2.39. The van der Waals surface area contributed by atoms with E-state index in [2.05, 4.69) is 0 Å². The van der Waals surface area contributed by atoms with Gasteiger partial charge in [0.15, 0.2) is 0 Å². The average molecular weight is 217 g/mol. The molecule has 3 rings (SSSR count). The zero-order valence-electron chi connectivity index (χ0n) is 9.04. The van der Waals surface area contributed by atoms with Gasteiger partial charge in [-0.25, -0.2) is 0 Å². The van der Waals surface area contributed by atoms with Crippen LogP contribution in [0.1, 0.15) is 18.4 Å². The number of aliphatic hydroxyl groups is 1. The van der Waals surface area contributed by atoms with E-state index in [-0.39, 0.29) is 17.9 Å². The number of carbonyl (C=O) groups is 1. The predicted octanol–water partition coefficient (Wildman–Crippen LogP) is 1.17. The van der Waals surface area contributed by atoms with E-state index in [1.807, 2.05) is 35.2 Å². The number of amides is 1. The lowest BCUT2D eigenvalue weighted by molar-refractivity contribution is -0.138. The minimum absolute atomic E-state index is 0.131. The van der Waals surface area contributed by atoms with Crippen molar-refractivity contribution >= 4 is 5.91 Å². The first-order valence-electron chi connectivity index (χ1n) is 5.78. The smallest absolute Gasteiger partial charge is 0.228 e. The van der Waals surface area contributed by atoms with E-state index in [4.69, 9.17) is 0 Å². The summed E-state index contributed by atoms with van der Waals surface area (Å²) in [5, 5.41) is 9.63. The number of likely N-dealkylation sites (tertiary alicyclic amines) is 1. The highest BCUT2D eigenvalue weighted by Gasteiger charge is 2.49. The summed E-state index contributed by atoms with van der Waals surface area (Å²) in [5.41, 5.74) is 1.16. The molecule has 84 valence electrons. The molecule has 1 saturated heterocycles. The van der Waals surface area contributed by atoms with Crippen molar-refractivity contribution < 1.29 is 9.90 Å². The Kier molecular flexibility index (Phi) is 2.21. The lowest BCUT2D eigenvalue weighted by Gasteiger charge is -2.29. The van der Waals surface area contributed by atoms with Gasteiger partial charge >= 0.3 is 0 Å². The molecule has 1 saturated carbocycles. The summed E-state index contributed by atoms with van der Waals surface area (Å²) in [6.07, 6.45) is 1.19.